The Morgan fingerprint density at radius 1 is 1.12 bits per heavy atom. The molecule has 0 spiro atoms. The summed E-state index contributed by atoms with van der Waals surface area (Å²) in [6.07, 6.45) is 0. The van der Waals surface area contributed by atoms with E-state index >= 15 is 0 Å². The highest BCUT2D eigenvalue weighted by Gasteiger charge is 2.22. The second-order valence-corrected chi connectivity index (χ2v) is 9.26. The third-order valence-electron chi connectivity index (χ3n) is 4.86. The molecule has 3 rings (SSSR count). The maximum atomic E-state index is 12.9. The lowest BCUT2D eigenvalue weighted by molar-refractivity contribution is 0.102. The van der Waals surface area contributed by atoms with Crippen LogP contribution < -0.4 is 30.6 Å². The number of methoxy groups -OCH3 is 2. The van der Waals surface area contributed by atoms with Gasteiger partial charge in [-0.15, -0.1) is 0 Å². The highest BCUT2D eigenvalue weighted by molar-refractivity contribution is 7.11. The molecule has 0 aliphatic carbocycles. The number of aromatic nitrogens is 3. The van der Waals surface area contributed by atoms with Crippen LogP contribution in [0.5, 0.6) is 22.7 Å². The molecule has 3 aromatic rings. The standard InChI is InChI=1S/C23H30N6O4S/c1-13-7-8-14(23(2,3)4)11-16(13)33-22-26-15(12-34-22)18(30)27-17-19(31-5)28-21(25-10-9-24)29-20(17)32-6/h7-8,11-12H,9-10,24H2,1-6H3,(H,27,30)(H,25,28,29). The molecule has 34 heavy (non-hydrogen) atoms. The van der Waals surface area contributed by atoms with Gasteiger partial charge in [0.25, 0.3) is 11.1 Å². The number of aryl methyl sites for hydroxylation is 1. The second-order valence-electron chi connectivity index (χ2n) is 8.44. The van der Waals surface area contributed by atoms with Crippen molar-refractivity contribution in [2.75, 3.05) is 37.9 Å². The van der Waals surface area contributed by atoms with Gasteiger partial charge in [0.15, 0.2) is 5.69 Å². The molecule has 2 heterocycles. The minimum absolute atomic E-state index is 0.0185. The van der Waals surface area contributed by atoms with Crippen molar-refractivity contribution in [3.05, 3.63) is 40.4 Å². The summed E-state index contributed by atoms with van der Waals surface area (Å²) < 4.78 is 16.6. The van der Waals surface area contributed by atoms with Crippen LogP contribution in [0.15, 0.2) is 23.6 Å². The lowest BCUT2D eigenvalue weighted by Crippen LogP contribution is -2.18. The average molecular weight is 487 g/mol. The number of hydrogen-bond acceptors (Lipinski definition) is 10. The fourth-order valence-corrected chi connectivity index (χ4v) is 3.60. The minimum atomic E-state index is -0.478. The third kappa shape index (κ3) is 5.91. The smallest absolute Gasteiger partial charge is 0.279 e. The first kappa shape index (κ1) is 25.2. The summed E-state index contributed by atoms with van der Waals surface area (Å²) in [6.45, 7) is 9.26. The van der Waals surface area contributed by atoms with E-state index in [1.54, 1.807) is 5.38 Å². The van der Waals surface area contributed by atoms with E-state index in [1.807, 2.05) is 19.1 Å². The van der Waals surface area contributed by atoms with Gasteiger partial charge in [0.05, 0.1) is 14.2 Å². The highest BCUT2D eigenvalue weighted by atomic mass is 32.1. The van der Waals surface area contributed by atoms with Gasteiger partial charge in [-0.2, -0.15) is 15.0 Å². The number of carbonyl (C=O) groups excluding carboxylic acids is 1. The summed E-state index contributed by atoms with van der Waals surface area (Å²) in [5.74, 6) is 0.775. The SMILES string of the molecule is COc1nc(NCCN)nc(OC)c1NC(=O)c1csc(Oc2cc(C(C)(C)C)ccc2C)n1. The molecule has 0 unspecified atom stereocenters. The fourth-order valence-electron chi connectivity index (χ4n) is 2.94. The maximum Gasteiger partial charge on any atom is 0.279 e. The van der Waals surface area contributed by atoms with Crippen molar-refractivity contribution >= 4 is 28.9 Å². The van der Waals surface area contributed by atoms with Crippen LogP contribution in [-0.2, 0) is 5.41 Å². The molecule has 1 amide bonds. The van der Waals surface area contributed by atoms with Crippen molar-refractivity contribution in [3.63, 3.8) is 0 Å². The number of ether oxygens (including phenoxy) is 3. The Morgan fingerprint density at radius 3 is 2.38 bits per heavy atom. The number of hydrogen-bond donors (Lipinski definition) is 3. The molecule has 0 aliphatic rings. The Bertz CT molecular complexity index is 1130. The largest absolute Gasteiger partial charge is 0.479 e. The van der Waals surface area contributed by atoms with Gasteiger partial charge in [0, 0.05) is 18.5 Å². The van der Waals surface area contributed by atoms with Crippen LogP contribution in [0.4, 0.5) is 11.6 Å². The van der Waals surface area contributed by atoms with Crippen LogP contribution in [0.25, 0.3) is 0 Å². The summed E-state index contributed by atoms with van der Waals surface area (Å²) in [4.78, 5) is 25.7. The van der Waals surface area contributed by atoms with Crippen molar-refractivity contribution in [1.29, 1.82) is 0 Å². The van der Waals surface area contributed by atoms with Crippen LogP contribution in [0.2, 0.25) is 0 Å². The number of anilines is 2. The quantitative estimate of drug-likeness (QED) is 0.411. The molecule has 0 saturated heterocycles. The van der Waals surface area contributed by atoms with Gasteiger partial charge >= 0.3 is 0 Å². The van der Waals surface area contributed by atoms with E-state index in [-0.39, 0.29) is 34.5 Å². The predicted molar refractivity (Wildman–Crippen MR) is 133 cm³/mol. The van der Waals surface area contributed by atoms with Gasteiger partial charge in [-0.05, 0) is 29.5 Å². The molecule has 0 aliphatic heterocycles. The van der Waals surface area contributed by atoms with Gasteiger partial charge in [-0.25, -0.2) is 0 Å². The van der Waals surface area contributed by atoms with Gasteiger partial charge < -0.3 is 30.6 Å². The molecule has 4 N–H and O–H groups in total. The summed E-state index contributed by atoms with van der Waals surface area (Å²) in [5, 5.41) is 7.65. The van der Waals surface area contributed by atoms with E-state index in [0.717, 1.165) is 11.1 Å². The Kier molecular flexibility index (Phi) is 7.90. The number of thiazole rings is 1. The van der Waals surface area contributed by atoms with E-state index < -0.39 is 5.91 Å². The van der Waals surface area contributed by atoms with Crippen molar-refractivity contribution in [3.8, 4) is 22.7 Å². The van der Waals surface area contributed by atoms with Crippen molar-refractivity contribution < 1.29 is 19.0 Å². The number of amides is 1. The molecule has 0 bridgehead atoms. The minimum Gasteiger partial charge on any atom is -0.479 e. The molecule has 11 heteroatoms. The number of nitrogens with two attached hydrogens (primary N) is 1. The maximum absolute atomic E-state index is 12.9. The van der Waals surface area contributed by atoms with Gasteiger partial charge in [0.1, 0.15) is 11.4 Å². The number of carbonyl (C=O) groups is 1. The third-order valence-corrected chi connectivity index (χ3v) is 5.58. The zero-order valence-electron chi connectivity index (χ0n) is 20.2. The van der Waals surface area contributed by atoms with Crippen LogP contribution >= 0.6 is 11.3 Å². The second kappa shape index (κ2) is 10.7. The van der Waals surface area contributed by atoms with Crippen molar-refractivity contribution in [2.24, 2.45) is 5.73 Å². The van der Waals surface area contributed by atoms with E-state index in [0.29, 0.717) is 24.0 Å². The lowest BCUT2D eigenvalue weighted by Gasteiger charge is -2.20. The molecule has 0 fully saturated rings. The van der Waals surface area contributed by atoms with Crippen LogP contribution in [0.1, 0.15) is 42.4 Å². The Morgan fingerprint density at radius 2 is 1.79 bits per heavy atom. The zero-order chi connectivity index (χ0) is 24.9. The summed E-state index contributed by atoms with van der Waals surface area (Å²) >= 11 is 1.23. The lowest BCUT2D eigenvalue weighted by atomic mass is 9.86. The molecule has 0 radical (unpaired) electrons. The monoisotopic (exact) mass is 486 g/mol. The number of benzene rings is 1. The predicted octanol–water partition coefficient (Wildman–Crippen LogP) is 3.97. The number of rotatable bonds is 9. The van der Waals surface area contributed by atoms with Gasteiger partial charge in [0.2, 0.25) is 17.7 Å². The molecule has 182 valence electrons. The number of nitrogens with zero attached hydrogens (tertiary/aromatic N) is 3. The molecular formula is C23H30N6O4S. The van der Waals surface area contributed by atoms with Gasteiger partial charge in [-0.1, -0.05) is 44.2 Å². The van der Waals surface area contributed by atoms with Crippen LogP contribution in [0.3, 0.4) is 0 Å². The van der Waals surface area contributed by atoms with Crippen LogP contribution in [0, 0.1) is 6.92 Å². The topological polar surface area (TPSA) is 134 Å². The molecule has 2 aromatic heterocycles. The Hall–Kier alpha value is -3.44. The molecule has 0 atom stereocenters. The number of nitrogens with one attached hydrogen (secondary N) is 2. The normalized spacial score (nSPS) is 11.1. The summed E-state index contributed by atoms with van der Waals surface area (Å²) in [6, 6.07) is 6.11. The average Bonchev–Trinajstić information content (AvgIpc) is 3.27. The van der Waals surface area contributed by atoms with Crippen LogP contribution in [-0.4, -0.2) is 48.2 Å². The molecule has 1 aromatic carbocycles. The van der Waals surface area contributed by atoms with E-state index in [4.69, 9.17) is 19.9 Å². The van der Waals surface area contributed by atoms with Crippen molar-refractivity contribution in [1.82, 2.24) is 15.0 Å². The fraction of sp³-hybridized carbons (Fsp3) is 0.391. The highest BCUT2D eigenvalue weighted by Crippen LogP contribution is 2.35. The van der Waals surface area contributed by atoms with E-state index in [9.17, 15) is 4.79 Å². The Balaban J connectivity index is 1.80. The summed E-state index contributed by atoms with van der Waals surface area (Å²) in [7, 11) is 2.87. The summed E-state index contributed by atoms with van der Waals surface area (Å²) in [5.41, 5.74) is 7.98. The van der Waals surface area contributed by atoms with Crippen molar-refractivity contribution in [2.45, 2.75) is 33.1 Å². The molecule has 0 saturated carbocycles. The first-order valence-electron chi connectivity index (χ1n) is 10.7. The van der Waals surface area contributed by atoms with Gasteiger partial charge in [-0.3, -0.25) is 4.79 Å². The zero-order valence-corrected chi connectivity index (χ0v) is 21.0. The van der Waals surface area contributed by atoms with E-state index in [2.05, 4.69) is 52.4 Å². The molecular weight excluding hydrogens is 456 g/mol. The first-order chi connectivity index (χ1) is 16.2. The van der Waals surface area contributed by atoms with E-state index in [1.165, 1.54) is 25.6 Å². The first-order valence-corrected chi connectivity index (χ1v) is 11.5. The Labute approximate surface area is 202 Å². The molecule has 10 nitrogen and oxygen atoms in total.